The molecule has 0 spiro atoms. The van der Waals surface area contributed by atoms with Gasteiger partial charge in [0.15, 0.2) is 0 Å². The number of rotatable bonds is 3. The van der Waals surface area contributed by atoms with Crippen molar-refractivity contribution in [3.63, 3.8) is 0 Å². The molecule has 4 heterocycles. The van der Waals surface area contributed by atoms with Crippen molar-refractivity contribution < 1.29 is 9.53 Å². The minimum absolute atomic E-state index is 0.0509. The Labute approximate surface area is 155 Å². The van der Waals surface area contributed by atoms with Gasteiger partial charge in [-0.1, -0.05) is 25.1 Å². The number of anilines is 1. The molecule has 26 heavy (non-hydrogen) atoms. The molecule has 1 fully saturated rings. The topological polar surface area (TPSA) is 32.8 Å². The van der Waals surface area contributed by atoms with Crippen LogP contribution in [0, 0.1) is 5.41 Å². The van der Waals surface area contributed by atoms with Gasteiger partial charge in [0.05, 0.1) is 6.61 Å². The second-order valence-electron chi connectivity index (χ2n) is 8.20. The molecule has 1 saturated heterocycles. The molecule has 0 aliphatic carbocycles. The van der Waals surface area contributed by atoms with E-state index in [9.17, 15) is 4.79 Å². The highest BCUT2D eigenvalue weighted by atomic mass is 16.5. The lowest BCUT2D eigenvalue weighted by Gasteiger charge is -2.55. The van der Waals surface area contributed by atoms with E-state index >= 15 is 0 Å². The smallest absolute Gasteiger partial charge is 0.329 e. The molecule has 0 amide bonds. The monoisotopic (exact) mass is 352 g/mol. The highest BCUT2D eigenvalue weighted by Crippen LogP contribution is 2.60. The summed E-state index contributed by atoms with van der Waals surface area (Å²) in [5.41, 5.74) is 5.75. The molecule has 0 N–H and O–H groups in total. The first-order chi connectivity index (χ1) is 12.7. The van der Waals surface area contributed by atoms with Crippen LogP contribution >= 0.6 is 0 Å². The van der Waals surface area contributed by atoms with E-state index in [4.69, 9.17) is 4.74 Å². The summed E-state index contributed by atoms with van der Waals surface area (Å²) < 4.78 is 5.54. The minimum Gasteiger partial charge on any atom is -0.464 e. The van der Waals surface area contributed by atoms with Crippen molar-refractivity contribution in [1.29, 1.82) is 0 Å². The van der Waals surface area contributed by atoms with Crippen LogP contribution in [0.5, 0.6) is 0 Å². The number of para-hydroxylation sites is 1. The summed E-state index contributed by atoms with van der Waals surface area (Å²) in [7, 11) is 0. The Morgan fingerprint density at radius 1 is 1.27 bits per heavy atom. The minimum atomic E-state index is -0.183. The summed E-state index contributed by atoms with van der Waals surface area (Å²) in [6.45, 7) is 6.98. The average Bonchev–Trinajstić information content (AvgIpc) is 3.02. The molecule has 0 bridgehead atoms. The molecule has 0 radical (unpaired) electrons. The van der Waals surface area contributed by atoms with Crippen LogP contribution in [-0.4, -0.2) is 36.6 Å². The summed E-state index contributed by atoms with van der Waals surface area (Å²) in [5.74, 6) is 0.392. The quantitative estimate of drug-likeness (QED) is 0.769. The Morgan fingerprint density at radius 3 is 2.92 bits per heavy atom. The molecule has 5 rings (SSSR count). The molecule has 4 aliphatic heterocycles. The van der Waals surface area contributed by atoms with E-state index < -0.39 is 0 Å². The SMILES string of the molecule is CCOC(=O)[C@@H]1C[C@]2(CC)CCCN3CCC4C(=C32)N1c1ccccc14. The van der Waals surface area contributed by atoms with Gasteiger partial charge in [0.2, 0.25) is 0 Å². The first-order valence-electron chi connectivity index (χ1n) is 10.2. The highest BCUT2D eigenvalue weighted by Gasteiger charge is 2.56. The number of hydrogen-bond donors (Lipinski definition) is 0. The van der Waals surface area contributed by atoms with E-state index in [1.165, 1.54) is 36.3 Å². The molecule has 4 nitrogen and oxygen atoms in total. The van der Waals surface area contributed by atoms with Gasteiger partial charge in [-0.15, -0.1) is 0 Å². The maximum Gasteiger partial charge on any atom is 0.329 e. The standard InChI is InChI=1S/C22H28N2O2/c1-3-22-11-7-12-23-13-10-16-15-8-5-6-9-17(15)24(19(16)20(22)23)18(14-22)21(25)26-4-2/h5-6,8-9,16,18H,3-4,7,10-14H2,1-2H3/t16?,18-,22-/m0/s1. The molecule has 138 valence electrons. The highest BCUT2D eigenvalue weighted by molar-refractivity contribution is 5.86. The average molecular weight is 352 g/mol. The number of ether oxygens (including phenoxy) is 1. The summed E-state index contributed by atoms with van der Waals surface area (Å²) in [4.78, 5) is 18.0. The number of benzene rings is 1. The van der Waals surface area contributed by atoms with Crippen LogP contribution in [0.2, 0.25) is 0 Å². The van der Waals surface area contributed by atoms with Gasteiger partial charge in [0.1, 0.15) is 6.04 Å². The molecule has 4 heteroatoms. The van der Waals surface area contributed by atoms with E-state index in [-0.39, 0.29) is 17.4 Å². The van der Waals surface area contributed by atoms with Gasteiger partial charge < -0.3 is 14.5 Å². The fourth-order valence-corrected chi connectivity index (χ4v) is 6.05. The lowest BCUT2D eigenvalue weighted by Crippen LogP contribution is -2.56. The Hall–Kier alpha value is -1.97. The molecule has 1 aromatic rings. The third kappa shape index (κ3) is 1.99. The second kappa shape index (κ2) is 5.77. The number of carbonyl (C=O) groups excluding carboxylic acids is 1. The largest absolute Gasteiger partial charge is 0.464 e. The van der Waals surface area contributed by atoms with E-state index in [1.807, 2.05) is 6.92 Å². The van der Waals surface area contributed by atoms with Gasteiger partial charge in [-0.3, -0.25) is 0 Å². The van der Waals surface area contributed by atoms with Gasteiger partial charge in [0.25, 0.3) is 0 Å². The van der Waals surface area contributed by atoms with E-state index in [1.54, 1.807) is 5.70 Å². The van der Waals surface area contributed by atoms with Crippen molar-refractivity contribution >= 4 is 11.7 Å². The Bertz CT molecular complexity index is 786. The van der Waals surface area contributed by atoms with E-state index in [0.29, 0.717) is 12.5 Å². The second-order valence-corrected chi connectivity index (χ2v) is 8.20. The number of hydrogen-bond acceptors (Lipinski definition) is 4. The molecular formula is C22H28N2O2. The summed E-state index contributed by atoms with van der Waals surface area (Å²) in [5, 5.41) is 0. The van der Waals surface area contributed by atoms with E-state index in [0.717, 1.165) is 25.8 Å². The lowest BCUT2D eigenvalue weighted by molar-refractivity contribution is -0.146. The van der Waals surface area contributed by atoms with Crippen LogP contribution < -0.4 is 4.90 Å². The van der Waals surface area contributed by atoms with Crippen molar-refractivity contribution in [2.45, 2.75) is 57.9 Å². The zero-order valence-electron chi connectivity index (χ0n) is 15.8. The van der Waals surface area contributed by atoms with Crippen LogP contribution in [-0.2, 0) is 9.53 Å². The lowest BCUT2D eigenvalue weighted by atomic mass is 9.65. The van der Waals surface area contributed by atoms with Crippen LogP contribution in [0.25, 0.3) is 0 Å². The zero-order chi connectivity index (χ0) is 17.9. The van der Waals surface area contributed by atoms with Crippen LogP contribution in [0.3, 0.4) is 0 Å². The van der Waals surface area contributed by atoms with Crippen molar-refractivity contribution in [3.05, 3.63) is 41.2 Å². The van der Waals surface area contributed by atoms with Crippen molar-refractivity contribution in [2.75, 3.05) is 24.6 Å². The summed E-state index contributed by atoms with van der Waals surface area (Å²) in [6.07, 6.45) is 5.58. The fraction of sp³-hybridized carbons (Fsp3) is 0.591. The van der Waals surface area contributed by atoms with Gasteiger partial charge in [0, 0.05) is 41.5 Å². The molecule has 0 saturated carbocycles. The normalized spacial score (nSPS) is 31.6. The third-order valence-electron chi connectivity index (χ3n) is 7.12. The van der Waals surface area contributed by atoms with Crippen LogP contribution in [0.15, 0.2) is 35.7 Å². The molecule has 1 aromatic carbocycles. The molecular weight excluding hydrogens is 324 g/mol. The summed E-state index contributed by atoms with van der Waals surface area (Å²) in [6, 6.07) is 8.52. The maximum absolute atomic E-state index is 13.0. The molecule has 1 unspecified atom stereocenters. The van der Waals surface area contributed by atoms with Gasteiger partial charge in [-0.2, -0.15) is 0 Å². The summed E-state index contributed by atoms with van der Waals surface area (Å²) >= 11 is 0. The Balaban J connectivity index is 1.74. The van der Waals surface area contributed by atoms with Crippen molar-refractivity contribution in [3.8, 4) is 0 Å². The predicted molar refractivity (Wildman–Crippen MR) is 102 cm³/mol. The molecule has 0 aromatic heterocycles. The number of allylic oxidation sites excluding steroid dienone is 2. The predicted octanol–water partition coefficient (Wildman–Crippen LogP) is 4.03. The first kappa shape index (κ1) is 16.2. The number of nitrogens with zero attached hydrogens (tertiary/aromatic N) is 2. The first-order valence-corrected chi connectivity index (χ1v) is 10.2. The van der Waals surface area contributed by atoms with Gasteiger partial charge in [-0.05, 0) is 50.7 Å². The Morgan fingerprint density at radius 2 is 2.12 bits per heavy atom. The van der Waals surface area contributed by atoms with Gasteiger partial charge in [-0.25, -0.2) is 4.79 Å². The van der Waals surface area contributed by atoms with Crippen molar-refractivity contribution in [1.82, 2.24) is 4.90 Å². The molecule has 4 aliphatic rings. The third-order valence-corrected chi connectivity index (χ3v) is 7.12. The Kier molecular flexibility index (Phi) is 3.60. The maximum atomic E-state index is 13.0. The molecule has 3 atom stereocenters. The van der Waals surface area contributed by atoms with Gasteiger partial charge >= 0.3 is 5.97 Å². The van der Waals surface area contributed by atoms with E-state index in [2.05, 4.69) is 41.0 Å². The van der Waals surface area contributed by atoms with Crippen LogP contribution in [0.1, 0.15) is 57.4 Å². The zero-order valence-corrected chi connectivity index (χ0v) is 15.8. The number of fused-ring (bicyclic) bond motifs is 3. The van der Waals surface area contributed by atoms with Crippen molar-refractivity contribution in [2.24, 2.45) is 5.41 Å². The number of carbonyl (C=O) groups is 1. The fourth-order valence-electron chi connectivity index (χ4n) is 6.05. The van der Waals surface area contributed by atoms with Crippen LogP contribution in [0.4, 0.5) is 5.69 Å². The number of piperidine rings is 1. The number of esters is 1.